The standard InChI is InChI=1S/C54H36N4/c1-54(2)44-28-27-33(31-43(44)51-41-19-3-4-20-42(41)53-55-45-21-9-14-26-50(45)58(53)52(51)54)34-29-35(56-46-22-10-5-15-37(46)38-16-6-11-23-47(38)56)32-36(30-34)57-48-24-12-7-17-39(48)40-18-8-13-25-49(40)57/h3-32H,1-2H3. The van der Waals surface area contributed by atoms with Crippen molar-refractivity contribution in [3.8, 4) is 33.6 Å². The highest BCUT2D eigenvalue weighted by molar-refractivity contribution is 6.12. The van der Waals surface area contributed by atoms with Crippen molar-refractivity contribution in [3.05, 3.63) is 193 Å². The van der Waals surface area contributed by atoms with E-state index in [-0.39, 0.29) is 5.41 Å². The summed E-state index contributed by atoms with van der Waals surface area (Å²) in [5.41, 5.74) is 17.6. The highest BCUT2D eigenvalue weighted by atomic mass is 15.0. The third-order valence-corrected chi connectivity index (χ3v) is 12.9. The molecule has 272 valence electrons. The number of aromatic nitrogens is 4. The normalized spacial score (nSPS) is 13.5. The Bertz CT molecular complexity index is 3480. The highest BCUT2D eigenvalue weighted by Gasteiger charge is 2.40. The van der Waals surface area contributed by atoms with Gasteiger partial charge in [0.25, 0.3) is 0 Å². The fraction of sp³-hybridized carbons (Fsp3) is 0.0556. The number of hydrogen-bond donors (Lipinski definition) is 0. The fourth-order valence-corrected chi connectivity index (χ4v) is 10.5. The first-order valence-electron chi connectivity index (χ1n) is 20.1. The number of pyridine rings is 1. The van der Waals surface area contributed by atoms with E-state index in [2.05, 4.69) is 209 Å². The largest absolute Gasteiger partial charge is 0.309 e. The first-order valence-corrected chi connectivity index (χ1v) is 20.1. The molecule has 0 amide bonds. The molecule has 0 bridgehead atoms. The Balaban J connectivity index is 1.13. The van der Waals surface area contributed by atoms with Crippen LogP contribution in [0.4, 0.5) is 0 Å². The molecule has 0 radical (unpaired) electrons. The van der Waals surface area contributed by atoms with Gasteiger partial charge in [0.2, 0.25) is 0 Å². The van der Waals surface area contributed by atoms with Crippen LogP contribution in [-0.2, 0) is 5.41 Å². The predicted octanol–water partition coefficient (Wildman–Crippen LogP) is 13.8. The second kappa shape index (κ2) is 11.3. The Kier molecular flexibility index (Phi) is 6.20. The van der Waals surface area contributed by atoms with Gasteiger partial charge in [-0.2, -0.15) is 0 Å². The maximum absolute atomic E-state index is 5.23. The average Bonchev–Trinajstić information content (AvgIpc) is 3.99. The molecule has 0 saturated heterocycles. The van der Waals surface area contributed by atoms with Gasteiger partial charge < -0.3 is 9.13 Å². The molecule has 58 heavy (non-hydrogen) atoms. The highest BCUT2D eigenvalue weighted by Crippen LogP contribution is 2.53. The average molecular weight is 741 g/mol. The van der Waals surface area contributed by atoms with Gasteiger partial charge >= 0.3 is 0 Å². The SMILES string of the molecule is CC1(C)c2ccc(-c3cc(-n4c5ccccc5c5ccccc54)cc(-n4c5ccccc5c5ccccc54)c3)cc2-c2c1n1c3ccccc3nc1c1ccccc21. The van der Waals surface area contributed by atoms with Crippen molar-refractivity contribution in [1.29, 1.82) is 0 Å². The molecule has 12 aromatic rings. The number of imidazole rings is 1. The fourth-order valence-electron chi connectivity index (χ4n) is 10.5. The minimum atomic E-state index is -0.256. The zero-order chi connectivity index (χ0) is 38.3. The van der Waals surface area contributed by atoms with Crippen molar-refractivity contribution in [2.24, 2.45) is 0 Å². The van der Waals surface area contributed by atoms with E-state index in [4.69, 9.17) is 4.98 Å². The smallest absolute Gasteiger partial charge is 0.146 e. The molecule has 0 atom stereocenters. The third kappa shape index (κ3) is 4.11. The van der Waals surface area contributed by atoms with Gasteiger partial charge in [-0.15, -0.1) is 0 Å². The van der Waals surface area contributed by atoms with Gasteiger partial charge in [-0.3, -0.25) is 4.40 Å². The summed E-state index contributed by atoms with van der Waals surface area (Å²) < 4.78 is 7.34. The number of fused-ring (bicyclic) bond motifs is 16. The van der Waals surface area contributed by atoms with Crippen LogP contribution in [0.5, 0.6) is 0 Å². The minimum absolute atomic E-state index is 0.256. The van der Waals surface area contributed by atoms with Crippen LogP contribution >= 0.6 is 0 Å². The summed E-state index contributed by atoms with van der Waals surface area (Å²) in [5, 5.41) is 7.43. The van der Waals surface area contributed by atoms with Crippen molar-refractivity contribution in [3.63, 3.8) is 0 Å². The molecule has 0 unspecified atom stereocenters. The second-order valence-electron chi connectivity index (χ2n) is 16.4. The molecule has 0 saturated carbocycles. The molecule has 4 nitrogen and oxygen atoms in total. The number of rotatable bonds is 3. The molecular weight excluding hydrogens is 705 g/mol. The van der Waals surface area contributed by atoms with E-state index in [0.29, 0.717) is 0 Å². The number of benzene rings is 8. The number of para-hydroxylation sites is 6. The lowest BCUT2D eigenvalue weighted by Gasteiger charge is -2.23. The van der Waals surface area contributed by atoms with E-state index in [1.165, 1.54) is 87.9 Å². The van der Waals surface area contributed by atoms with Gasteiger partial charge in [-0.05, 0) is 88.3 Å². The Hall–Kier alpha value is -7.43. The molecule has 0 N–H and O–H groups in total. The monoisotopic (exact) mass is 740 g/mol. The summed E-state index contributed by atoms with van der Waals surface area (Å²) in [6.07, 6.45) is 0. The van der Waals surface area contributed by atoms with Crippen molar-refractivity contribution in [1.82, 2.24) is 18.5 Å². The molecule has 0 aliphatic heterocycles. The van der Waals surface area contributed by atoms with Gasteiger partial charge in [0.1, 0.15) is 5.65 Å². The molecular formula is C54H36N4. The Morgan fingerprint density at radius 2 is 0.879 bits per heavy atom. The van der Waals surface area contributed by atoms with Gasteiger partial charge in [0.15, 0.2) is 0 Å². The summed E-state index contributed by atoms with van der Waals surface area (Å²) >= 11 is 0. The molecule has 8 aromatic carbocycles. The van der Waals surface area contributed by atoms with E-state index in [0.717, 1.165) is 28.1 Å². The third-order valence-electron chi connectivity index (χ3n) is 12.9. The summed E-state index contributed by atoms with van der Waals surface area (Å²) in [5.74, 6) is 0. The van der Waals surface area contributed by atoms with Crippen LogP contribution in [0.25, 0.3) is 105 Å². The van der Waals surface area contributed by atoms with Crippen molar-refractivity contribution >= 4 is 71.1 Å². The molecule has 4 heterocycles. The predicted molar refractivity (Wildman–Crippen MR) is 242 cm³/mol. The van der Waals surface area contributed by atoms with E-state index in [1.54, 1.807) is 0 Å². The van der Waals surface area contributed by atoms with Crippen LogP contribution in [0.2, 0.25) is 0 Å². The van der Waals surface area contributed by atoms with Crippen LogP contribution in [0.3, 0.4) is 0 Å². The van der Waals surface area contributed by atoms with Gasteiger partial charge in [0.05, 0.1) is 33.1 Å². The molecule has 13 rings (SSSR count). The molecule has 0 fully saturated rings. The van der Waals surface area contributed by atoms with Crippen LogP contribution in [0, 0.1) is 0 Å². The first-order chi connectivity index (χ1) is 28.5. The first kappa shape index (κ1) is 31.7. The van der Waals surface area contributed by atoms with E-state index in [1.807, 2.05) is 0 Å². The van der Waals surface area contributed by atoms with Crippen LogP contribution < -0.4 is 0 Å². The summed E-state index contributed by atoms with van der Waals surface area (Å²) in [6.45, 7) is 4.76. The van der Waals surface area contributed by atoms with Gasteiger partial charge in [-0.25, -0.2) is 4.98 Å². The summed E-state index contributed by atoms with van der Waals surface area (Å²) in [4.78, 5) is 5.23. The zero-order valence-electron chi connectivity index (χ0n) is 32.1. The van der Waals surface area contributed by atoms with E-state index in [9.17, 15) is 0 Å². The lowest BCUT2D eigenvalue weighted by atomic mass is 9.84. The maximum atomic E-state index is 5.23. The van der Waals surface area contributed by atoms with Gasteiger partial charge in [-0.1, -0.05) is 135 Å². The quantitative estimate of drug-likeness (QED) is 0.177. The van der Waals surface area contributed by atoms with Crippen LogP contribution in [0.1, 0.15) is 25.1 Å². The lowest BCUT2D eigenvalue weighted by molar-refractivity contribution is 0.631. The molecule has 1 aliphatic rings. The molecule has 1 aliphatic carbocycles. The topological polar surface area (TPSA) is 27.2 Å². The molecule has 4 aromatic heterocycles. The lowest BCUT2D eigenvalue weighted by Crippen LogP contribution is -2.19. The zero-order valence-corrected chi connectivity index (χ0v) is 32.1. The number of nitrogens with zero attached hydrogens (tertiary/aromatic N) is 4. The van der Waals surface area contributed by atoms with Crippen molar-refractivity contribution in [2.75, 3.05) is 0 Å². The maximum Gasteiger partial charge on any atom is 0.146 e. The second-order valence-corrected chi connectivity index (χ2v) is 16.4. The Labute approximate surface area is 334 Å². The van der Waals surface area contributed by atoms with Crippen LogP contribution in [0.15, 0.2) is 182 Å². The van der Waals surface area contributed by atoms with Gasteiger partial charge in [0, 0.05) is 55.0 Å². The molecule has 0 spiro atoms. The van der Waals surface area contributed by atoms with E-state index >= 15 is 0 Å². The van der Waals surface area contributed by atoms with E-state index < -0.39 is 0 Å². The Morgan fingerprint density at radius 3 is 1.43 bits per heavy atom. The van der Waals surface area contributed by atoms with Crippen molar-refractivity contribution < 1.29 is 0 Å². The Morgan fingerprint density at radius 1 is 0.414 bits per heavy atom. The number of hydrogen-bond acceptors (Lipinski definition) is 1. The van der Waals surface area contributed by atoms with Crippen LogP contribution in [-0.4, -0.2) is 18.5 Å². The molecule has 4 heteroatoms. The summed E-state index contributed by atoms with van der Waals surface area (Å²) in [7, 11) is 0. The minimum Gasteiger partial charge on any atom is -0.309 e. The summed E-state index contributed by atoms with van der Waals surface area (Å²) in [6, 6.07) is 66.9. The van der Waals surface area contributed by atoms with Crippen molar-refractivity contribution in [2.45, 2.75) is 19.3 Å².